The molecule has 242 valence electrons. The molecule has 5 aliphatic rings. The second kappa shape index (κ2) is 10.4. The Kier molecular flexibility index (Phi) is 6.97. The third-order valence-corrected chi connectivity index (χ3v) is 13.6. The summed E-state index contributed by atoms with van der Waals surface area (Å²) >= 11 is 0. The Bertz CT molecular complexity index is 1750. The van der Waals surface area contributed by atoms with Crippen LogP contribution in [0.1, 0.15) is 97.7 Å². The molecule has 0 radical (unpaired) electrons. The van der Waals surface area contributed by atoms with Crippen LogP contribution < -0.4 is 5.32 Å². The van der Waals surface area contributed by atoms with Gasteiger partial charge in [-0.3, -0.25) is 9.59 Å². The highest BCUT2D eigenvalue weighted by molar-refractivity contribution is 6.06. The lowest BCUT2D eigenvalue weighted by Gasteiger charge is -2.70. The van der Waals surface area contributed by atoms with Gasteiger partial charge in [-0.25, -0.2) is 4.68 Å². The molecule has 7 heteroatoms. The molecule has 0 bridgehead atoms. The van der Waals surface area contributed by atoms with Crippen molar-refractivity contribution in [1.82, 2.24) is 20.3 Å². The molecule has 3 saturated carbocycles. The molecule has 5 aliphatic carbocycles. The summed E-state index contributed by atoms with van der Waals surface area (Å²) in [7, 11) is 0. The normalized spacial score (nSPS) is 36.8. The minimum atomic E-state index is -0.460. The van der Waals surface area contributed by atoms with E-state index >= 15 is 0 Å². The molecule has 1 aromatic carbocycles. The van der Waals surface area contributed by atoms with Crippen molar-refractivity contribution in [2.75, 3.05) is 0 Å². The van der Waals surface area contributed by atoms with Gasteiger partial charge in [0.1, 0.15) is 5.69 Å². The van der Waals surface area contributed by atoms with E-state index in [9.17, 15) is 14.7 Å². The van der Waals surface area contributed by atoms with Crippen LogP contribution in [0.4, 0.5) is 0 Å². The summed E-state index contributed by atoms with van der Waals surface area (Å²) in [5.41, 5.74) is 5.50. The van der Waals surface area contributed by atoms with Crippen molar-refractivity contribution in [3.8, 4) is 0 Å². The molecule has 0 spiro atoms. The number of ketones is 1. The maximum atomic E-state index is 14.0. The fourth-order valence-electron chi connectivity index (χ4n) is 10.3. The van der Waals surface area contributed by atoms with Gasteiger partial charge in [-0.15, -0.1) is 5.10 Å². The average molecular weight is 621 g/mol. The lowest BCUT2D eigenvalue weighted by Crippen LogP contribution is -2.62. The summed E-state index contributed by atoms with van der Waals surface area (Å²) in [5, 5.41) is 22.3. The van der Waals surface area contributed by atoms with Crippen molar-refractivity contribution in [1.29, 1.82) is 0 Å². The van der Waals surface area contributed by atoms with E-state index in [4.69, 9.17) is 0 Å². The number of rotatable bonds is 5. The lowest BCUT2D eigenvalue weighted by atomic mass is 9.34. The van der Waals surface area contributed by atoms with Gasteiger partial charge >= 0.3 is 0 Å². The third-order valence-electron chi connectivity index (χ3n) is 13.6. The van der Waals surface area contributed by atoms with Crippen LogP contribution in [0.5, 0.6) is 0 Å². The van der Waals surface area contributed by atoms with Crippen molar-refractivity contribution < 1.29 is 14.7 Å². The number of hydrogen-bond acceptors (Lipinski definition) is 5. The van der Waals surface area contributed by atoms with Gasteiger partial charge in [0, 0.05) is 16.4 Å². The zero-order chi connectivity index (χ0) is 32.7. The molecular weight excluding hydrogens is 572 g/mol. The van der Waals surface area contributed by atoms with Crippen molar-refractivity contribution in [2.45, 2.75) is 99.6 Å². The Morgan fingerprint density at radius 2 is 1.74 bits per heavy atom. The lowest BCUT2D eigenvalue weighted by molar-refractivity contribution is -0.169. The molecule has 46 heavy (non-hydrogen) atoms. The quantitative estimate of drug-likeness (QED) is 0.359. The molecule has 0 aliphatic heterocycles. The third kappa shape index (κ3) is 4.44. The first kappa shape index (κ1) is 30.9. The maximum absolute atomic E-state index is 14.0. The second-order valence-corrected chi connectivity index (χ2v) is 16.2. The molecule has 1 amide bonds. The number of aliphatic hydroxyl groups is 1. The highest BCUT2D eigenvalue weighted by Gasteiger charge is 2.67. The number of aliphatic hydroxyl groups excluding tert-OH is 1. The number of nitrogens with zero attached hydrogens (tertiary/aromatic N) is 3. The van der Waals surface area contributed by atoms with Gasteiger partial charge in [0.05, 0.1) is 19.3 Å². The number of hydrogen-bond donors (Lipinski definition) is 2. The standard InChI is InChI=1S/C39H48N4O3/c1-25-28-12-13-31-37(4,29(28)20-30(44)33(25)45)17-19-39(6)32-21-36(3,15-14-35(32,2)16-18-38(31,39)5)34(46)40-22-27-24-43(42-41-27)23-26-10-8-7-9-11-26/h7-13,20,24,32,45H,14-19,21-23H2,1-6H3,(H,40,46)/t32-,35-,36-,37+,38-,39+/m1/s1. The Labute approximate surface area is 272 Å². The number of carbonyl (C=O) groups excluding carboxylic acids is 2. The molecular formula is C39H48N4O3. The van der Waals surface area contributed by atoms with E-state index < -0.39 is 5.41 Å². The molecule has 7 nitrogen and oxygen atoms in total. The van der Waals surface area contributed by atoms with E-state index in [-0.39, 0.29) is 39.1 Å². The Morgan fingerprint density at radius 1 is 1.00 bits per heavy atom. The second-order valence-electron chi connectivity index (χ2n) is 16.2. The zero-order valence-electron chi connectivity index (χ0n) is 28.2. The molecule has 7 rings (SSSR count). The summed E-state index contributed by atoms with van der Waals surface area (Å²) in [6.07, 6.45) is 15.1. The van der Waals surface area contributed by atoms with E-state index in [1.807, 2.05) is 36.0 Å². The minimum Gasteiger partial charge on any atom is -0.504 e. The van der Waals surface area contributed by atoms with Crippen molar-refractivity contribution in [2.24, 2.45) is 33.0 Å². The average Bonchev–Trinajstić information content (AvgIpc) is 3.48. The van der Waals surface area contributed by atoms with E-state index in [1.54, 1.807) is 6.08 Å². The van der Waals surface area contributed by atoms with Gasteiger partial charge in [0.25, 0.3) is 0 Å². The van der Waals surface area contributed by atoms with Gasteiger partial charge in [0.2, 0.25) is 11.7 Å². The van der Waals surface area contributed by atoms with E-state index in [1.165, 1.54) is 5.57 Å². The summed E-state index contributed by atoms with van der Waals surface area (Å²) in [6.45, 7) is 14.8. The number of fused-ring (bicyclic) bond motifs is 7. The fraction of sp³-hybridized carbons (Fsp3) is 0.538. The number of amides is 1. The minimum absolute atomic E-state index is 0.00500. The fourth-order valence-corrected chi connectivity index (χ4v) is 10.3. The Morgan fingerprint density at radius 3 is 2.50 bits per heavy atom. The molecule has 6 atom stereocenters. The number of allylic oxidation sites excluding steroid dienone is 7. The van der Waals surface area contributed by atoms with Gasteiger partial charge in [-0.2, -0.15) is 0 Å². The van der Waals surface area contributed by atoms with Crippen molar-refractivity contribution >= 4 is 11.7 Å². The topological polar surface area (TPSA) is 97.1 Å². The molecule has 1 heterocycles. The van der Waals surface area contributed by atoms with Crippen LogP contribution in [-0.2, 0) is 22.7 Å². The molecule has 2 aromatic rings. The van der Waals surface area contributed by atoms with Crippen LogP contribution in [0, 0.1) is 33.0 Å². The highest BCUT2D eigenvalue weighted by Crippen LogP contribution is 2.75. The highest BCUT2D eigenvalue weighted by atomic mass is 16.3. The van der Waals surface area contributed by atoms with E-state index in [0.29, 0.717) is 24.6 Å². The molecule has 0 unspecified atom stereocenters. The largest absolute Gasteiger partial charge is 0.504 e. The monoisotopic (exact) mass is 620 g/mol. The smallest absolute Gasteiger partial charge is 0.226 e. The first-order valence-corrected chi connectivity index (χ1v) is 17.0. The van der Waals surface area contributed by atoms with Gasteiger partial charge in [-0.1, -0.05) is 87.9 Å². The van der Waals surface area contributed by atoms with Gasteiger partial charge in [0.15, 0.2) is 5.76 Å². The first-order valence-electron chi connectivity index (χ1n) is 17.0. The van der Waals surface area contributed by atoms with Crippen molar-refractivity contribution in [3.63, 3.8) is 0 Å². The van der Waals surface area contributed by atoms with E-state index in [2.05, 4.69) is 74.5 Å². The van der Waals surface area contributed by atoms with Crippen LogP contribution in [0.15, 0.2) is 82.8 Å². The predicted molar refractivity (Wildman–Crippen MR) is 178 cm³/mol. The van der Waals surface area contributed by atoms with E-state index in [0.717, 1.165) is 67.3 Å². The van der Waals surface area contributed by atoms with Gasteiger partial charge in [-0.05, 0) is 96.8 Å². The van der Waals surface area contributed by atoms with Crippen LogP contribution in [0.2, 0.25) is 0 Å². The number of benzene rings is 1. The Hall–Kier alpha value is -3.74. The van der Waals surface area contributed by atoms with Crippen LogP contribution >= 0.6 is 0 Å². The molecule has 2 N–H and O–H groups in total. The maximum Gasteiger partial charge on any atom is 0.226 e. The molecule has 0 saturated heterocycles. The number of carbonyl (C=O) groups is 2. The Balaban J connectivity index is 1.13. The molecule has 3 fully saturated rings. The number of aromatic nitrogens is 3. The first-order chi connectivity index (χ1) is 21.7. The van der Waals surface area contributed by atoms with Crippen LogP contribution in [-0.4, -0.2) is 31.8 Å². The summed E-state index contributed by atoms with van der Waals surface area (Å²) in [5.74, 6) is 0.0847. The molecule has 1 aromatic heterocycles. The van der Waals surface area contributed by atoms with Crippen LogP contribution in [0.25, 0.3) is 0 Å². The predicted octanol–water partition coefficient (Wildman–Crippen LogP) is 7.57. The van der Waals surface area contributed by atoms with Gasteiger partial charge < -0.3 is 10.4 Å². The SMILES string of the molecule is CC1=C(O)C(=O)C=C2C1=CC=C1[C@@]2(C)CC[C@@]2(C)[C@@H]3C[C@](C)(C(=O)NCc4cn(Cc5ccccc5)nn4)CC[C@]3(C)CC[C@]12C. The number of nitrogens with one attached hydrogen (secondary N) is 1. The van der Waals surface area contributed by atoms with Crippen molar-refractivity contribution in [3.05, 3.63) is 94.1 Å². The summed E-state index contributed by atoms with van der Waals surface area (Å²) in [4.78, 5) is 26.8. The zero-order valence-corrected chi connectivity index (χ0v) is 28.2. The summed E-state index contributed by atoms with van der Waals surface area (Å²) < 4.78 is 1.82. The van der Waals surface area contributed by atoms with Crippen LogP contribution in [0.3, 0.4) is 0 Å². The summed E-state index contributed by atoms with van der Waals surface area (Å²) in [6, 6.07) is 10.2.